The third-order valence-corrected chi connectivity index (χ3v) is 1.92. The molecule has 0 amide bonds. The molecule has 1 aromatic rings. The molecule has 0 unspecified atom stereocenters. The van der Waals surface area contributed by atoms with Crippen LogP contribution in [0.3, 0.4) is 0 Å². The summed E-state index contributed by atoms with van der Waals surface area (Å²) >= 11 is 0. The first-order valence-corrected chi connectivity index (χ1v) is 4.45. The predicted molar refractivity (Wildman–Crippen MR) is 48.7 cm³/mol. The second-order valence-corrected chi connectivity index (χ2v) is 3.13. The van der Waals surface area contributed by atoms with Gasteiger partial charge in [0, 0.05) is 18.9 Å². The molecular formula is C10H17N. The van der Waals surface area contributed by atoms with Gasteiger partial charge in [-0.3, -0.25) is 0 Å². The van der Waals surface area contributed by atoms with Gasteiger partial charge in [-0.05, 0) is 25.0 Å². The molecule has 0 N–H and O–H groups in total. The van der Waals surface area contributed by atoms with E-state index in [0.29, 0.717) is 0 Å². The van der Waals surface area contributed by atoms with E-state index >= 15 is 0 Å². The summed E-state index contributed by atoms with van der Waals surface area (Å²) < 4.78 is 2.27. The zero-order valence-electron chi connectivity index (χ0n) is 7.51. The molecule has 62 valence electrons. The fraction of sp³-hybridized carbons (Fsp3) is 0.600. The fourth-order valence-corrected chi connectivity index (χ4v) is 1.24. The molecule has 0 aliphatic carbocycles. The zero-order chi connectivity index (χ0) is 8.10. The third kappa shape index (κ3) is 2.79. The van der Waals surface area contributed by atoms with Crippen molar-refractivity contribution in [1.29, 1.82) is 0 Å². The zero-order valence-corrected chi connectivity index (χ0v) is 7.51. The molecule has 0 aliphatic rings. The van der Waals surface area contributed by atoms with Crippen LogP contribution in [0.1, 0.15) is 31.7 Å². The van der Waals surface area contributed by atoms with Crippen molar-refractivity contribution in [2.75, 3.05) is 0 Å². The van der Waals surface area contributed by atoms with Gasteiger partial charge in [-0.25, -0.2) is 0 Å². The minimum absolute atomic E-state index is 1.18. The van der Waals surface area contributed by atoms with E-state index in [1.54, 1.807) is 0 Å². The lowest BCUT2D eigenvalue weighted by molar-refractivity contribution is 0.604. The lowest BCUT2D eigenvalue weighted by Crippen LogP contribution is -1.93. The van der Waals surface area contributed by atoms with Gasteiger partial charge < -0.3 is 4.57 Å². The average molecular weight is 151 g/mol. The van der Waals surface area contributed by atoms with Crippen molar-refractivity contribution in [2.45, 2.75) is 39.7 Å². The normalized spacial score (nSPS) is 10.4. The van der Waals surface area contributed by atoms with E-state index < -0.39 is 0 Å². The van der Waals surface area contributed by atoms with E-state index in [1.165, 1.54) is 31.4 Å². The Kier molecular flexibility index (Phi) is 3.21. The lowest BCUT2D eigenvalue weighted by Gasteiger charge is -1.99. The lowest BCUT2D eigenvalue weighted by atomic mass is 10.2. The van der Waals surface area contributed by atoms with Crippen molar-refractivity contribution in [3.63, 3.8) is 0 Å². The van der Waals surface area contributed by atoms with Crippen molar-refractivity contribution < 1.29 is 0 Å². The summed E-state index contributed by atoms with van der Waals surface area (Å²) in [5.41, 5.74) is 1.36. The smallest absolute Gasteiger partial charge is 0.0219 e. The van der Waals surface area contributed by atoms with Crippen molar-refractivity contribution in [3.8, 4) is 0 Å². The van der Waals surface area contributed by atoms with Crippen LogP contribution in [0.5, 0.6) is 0 Å². The van der Waals surface area contributed by atoms with E-state index in [4.69, 9.17) is 0 Å². The Morgan fingerprint density at radius 2 is 2.18 bits per heavy atom. The second-order valence-electron chi connectivity index (χ2n) is 3.13. The number of rotatable bonds is 4. The van der Waals surface area contributed by atoms with Gasteiger partial charge in [-0.15, -0.1) is 0 Å². The number of hydrogen-bond donors (Lipinski definition) is 0. The molecule has 1 nitrogen and oxygen atoms in total. The van der Waals surface area contributed by atoms with E-state index in [-0.39, 0.29) is 0 Å². The Morgan fingerprint density at radius 1 is 1.36 bits per heavy atom. The van der Waals surface area contributed by atoms with E-state index in [0.717, 1.165) is 0 Å². The second kappa shape index (κ2) is 4.22. The number of aryl methyl sites for hydroxylation is 2. The summed E-state index contributed by atoms with van der Waals surface area (Å²) in [7, 11) is 0. The van der Waals surface area contributed by atoms with Gasteiger partial charge in [0.25, 0.3) is 0 Å². The van der Waals surface area contributed by atoms with Gasteiger partial charge in [0.15, 0.2) is 0 Å². The largest absolute Gasteiger partial charge is 0.354 e. The van der Waals surface area contributed by atoms with E-state index in [2.05, 4.69) is 36.9 Å². The Morgan fingerprint density at radius 3 is 2.73 bits per heavy atom. The van der Waals surface area contributed by atoms with Crippen LogP contribution in [0.4, 0.5) is 0 Å². The Labute approximate surface area is 69.0 Å². The molecule has 1 aromatic heterocycles. The number of hydrogen-bond acceptors (Lipinski definition) is 0. The van der Waals surface area contributed by atoms with Crippen LogP contribution in [-0.4, -0.2) is 4.57 Å². The number of aromatic nitrogens is 1. The van der Waals surface area contributed by atoms with Crippen LogP contribution in [0.2, 0.25) is 0 Å². The Bertz CT molecular complexity index is 200. The van der Waals surface area contributed by atoms with Crippen LogP contribution < -0.4 is 0 Å². The van der Waals surface area contributed by atoms with E-state index in [1.807, 2.05) is 0 Å². The molecule has 0 bridgehead atoms. The summed E-state index contributed by atoms with van der Waals surface area (Å²) in [5, 5.41) is 0. The highest BCUT2D eigenvalue weighted by atomic mass is 14.9. The number of nitrogens with zero attached hydrogens (tertiary/aromatic N) is 1. The van der Waals surface area contributed by atoms with Crippen LogP contribution >= 0.6 is 0 Å². The first-order valence-electron chi connectivity index (χ1n) is 4.45. The minimum atomic E-state index is 1.18. The molecule has 1 heterocycles. The third-order valence-electron chi connectivity index (χ3n) is 1.92. The van der Waals surface area contributed by atoms with Crippen molar-refractivity contribution in [3.05, 3.63) is 24.0 Å². The van der Waals surface area contributed by atoms with Crippen LogP contribution in [0.25, 0.3) is 0 Å². The highest BCUT2D eigenvalue weighted by Crippen LogP contribution is 2.02. The summed E-state index contributed by atoms with van der Waals surface area (Å²) in [5.74, 6) is 0. The topological polar surface area (TPSA) is 4.93 Å². The van der Waals surface area contributed by atoms with Gasteiger partial charge in [0.05, 0.1) is 0 Å². The van der Waals surface area contributed by atoms with Crippen molar-refractivity contribution in [1.82, 2.24) is 4.57 Å². The predicted octanol–water partition coefficient (Wildman–Crippen LogP) is 2.99. The molecule has 0 saturated carbocycles. The van der Waals surface area contributed by atoms with Crippen LogP contribution in [0, 0.1) is 6.92 Å². The van der Waals surface area contributed by atoms with Gasteiger partial charge in [-0.1, -0.05) is 19.8 Å². The van der Waals surface area contributed by atoms with Crippen LogP contribution in [-0.2, 0) is 6.54 Å². The Balaban J connectivity index is 2.27. The van der Waals surface area contributed by atoms with Gasteiger partial charge in [0.2, 0.25) is 0 Å². The maximum Gasteiger partial charge on any atom is 0.0219 e. The molecule has 0 saturated heterocycles. The van der Waals surface area contributed by atoms with E-state index in [9.17, 15) is 0 Å². The molecule has 0 aromatic carbocycles. The fourth-order valence-electron chi connectivity index (χ4n) is 1.24. The highest BCUT2D eigenvalue weighted by molar-refractivity contribution is 5.06. The van der Waals surface area contributed by atoms with Gasteiger partial charge in [-0.2, -0.15) is 0 Å². The maximum atomic E-state index is 2.27. The van der Waals surface area contributed by atoms with Crippen LogP contribution in [0.15, 0.2) is 18.5 Å². The molecule has 0 radical (unpaired) electrons. The number of unbranched alkanes of at least 4 members (excludes halogenated alkanes) is 2. The first kappa shape index (κ1) is 8.38. The van der Waals surface area contributed by atoms with Crippen molar-refractivity contribution in [2.24, 2.45) is 0 Å². The summed E-state index contributed by atoms with van der Waals surface area (Å²) in [4.78, 5) is 0. The Hall–Kier alpha value is -0.720. The molecule has 1 heteroatoms. The maximum absolute atomic E-state index is 2.27. The quantitative estimate of drug-likeness (QED) is 0.583. The molecule has 0 spiro atoms. The molecule has 0 aliphatic heterocycles. The van der Waals surface area contributed by atoms with Gasteiger partial charge >= 0.3 is 0 Å². The molecule has 11 heavy (non-hydrogen) atoms. The standard InChI is InChI=1S/C10H17N/c1-3-4-5-7-11-8-6-10(2)9-11/h6,8-9H,3-5,7H2,1-2H3. The average Bonchev–Trinajstić information content (AvgIpc) is 2.37. The summed E-state index contributed by atoms with van der Waals surface area (Å²) in [6, 6.07) is 2.16. The van der Waals surface area contributed by atoms with Crippen molar-refractivity contribution >= 4 is 0 Å². The first-order chi connectivity index (χ1) is 5.33. The summed E-state index contributed by atoms with van der Waals surface area (Å²) in [6.45, 7) is 5.55. The minimum Gasteiger partial charge on any atom is -0.354 e. The van der Waals surface area contributed by atoms with Gasteiger partial charge in [0.1, 0.15) is 0 Å². The molecule has 0 atom stereocenters. The molecule has 1 rings (SSSR count). The highest BCUT2D eigenvalue weighted by Gasteiger charge is 1.90. The molecule has 0 fully saturated rings. The SMILES string of the molecule is CCCCCn1ccc(C)c1. The summed E-state index contributed by atoms with van der Waals surface area (Å²) in [6.07, 6.45) is 8.32. The molecular weight excluding hydrogens is 134 g/mol. The monoisotopic (exact) mass is 151 g/mol.